The highest BCUT2D eigenvalue weighted by Crippen LogP contribution is 2.13. The van der Waals surface area contributed by atoms with E-state index in [2.05, 4.69) is 29.6 Å². The van der Waals surface area contributed by atoms with E-state index < -0.39 is 0 Å². The average Bonchev–Trinajstić information content (AvgIpc) is 2.36. The standard InChI is InChI=1S/C15H15ClN2/c1-11-5-3-8-15(9-11)18-17-12(2)13-6-4-7-14(16)10-13/h3-10,18H,1-2H3/b17-12-. The van der Waals surface area contributed by atoms with Crippen LogP contribution in [0.25, 0.3) is 0 Å². The minimum Gasteiger partial charge on any atom is -0.278 e. The Labute approximate surface area is 112 Å². The van der Waals surface area contributed by atoms with E-state index in [9.17, 15) is 0 Å². The lowest BCUT2D eigenvalue weighted by Gasteiger charge is -2.04. The van der Waals surface area contributed by atoms with Gasteiger partial charge in [0.2, 0.25) is 0 Å². The summed E-state index contributed by atoms with van der Waals surface area (Å²) < 4.78 is 0. The molecule has 2 nitrogen and oxygen atoms in total. The summed E-state index contributed by atoms with van der Waals surface area (Å²) in [6.07, 6.45) is 0. The molecule has 2 aromatic rings. The van der Waals surface area contributed by atoms with Crippen molar-refractivity contribution in [3.63, 3.8) is 0 Å². The summed E-state index contributed by atoms with van der Waals surface area (Å²) in [5.41, 5.74) is 7.15. The Kier molecular flexibility index (Phi) is 4.00. The lowest BCUT2D eigenvalue weighted by molar-refractivity contribution is 1.31. The van der Waals surface area contributed by atoms with E-state index >= 15 is 0 Å². The van der Waals surface area contributed by atoms with E-state index in [1.54, 1.807) is 0 Å². The molecule has 0 spiro atoms. The van der Waals surface area contributed by atoms with Crippen LogP contribution in [0.1, 0.15) is 18.1 Å². The molecule has 0 saturated heterocycles. The third-order valence-corrected chi connectivity index (χ3v) is 2.85. The van der Waals surface area contributed by atoms with E-state index in [0.29, 0.717) is 0 Å². The summed E-state index contributed by atoms with van der Waals surface area (Å²) in [6.45, 7) is 4.01. The van der Waals surface area contributed by atoms with Crippen molar-refractivity contribution in [2.75, 3.05) is 5.43 Å². The van der Waals surface area contributed by atoms with Gasteiger partial charge in [-0.1, -0.05) is 35.9 Å². The minimum atomic E-state index is 0.720. The van der Waals surface area contributed by atoms with Crippen LogP contribution in [0.15, 0.2) is 53.6 Å². The van der Waals surface area contributed by atoms with Crippen LogP contribution in [0.2, 0.25) is 5.02 Å². The quantitative estimate of drug-likeness (QED) is 0.637. The molecule has 2 aromatic carbocycles. The predicted octanol–water partition coefficient (Wildman–Crippen LogP) is 4.48. The first-order valence-corrected chi connectivity index (χ1v) is 6.16. The Bertz CT molecular complexity index is 576. The van der Waals surface area contributed by atoms with Gasteiger partial charge >= 0.3 is 0 Å². The normalized spacial score (nSPS) is 11.4. The van der Waals surface area contributed by atoms with Crippen LogP contribution in [0.4, 0.5) is 5.69 Å². The Morgan fingerprint density at radius 2 is 1.89 bits per heavy atom. The van der Waals surface area contributed by atoms with Crippen LogP contribution < -0.4 is 5.43 Å². The van der Waals surface area contributed by atoms with Crippen LogP contribution >= 0.6 is 11.6 Å². The number of hydrogen-bond donors (Lipinski definition) is 1. The van der Waals surface area contributed by atoms with Gasteiger partial charge in [-0.3, -0.25) is 5.43 Å². The first-order chi connectivity index (χ1) is 8.65. The van der Waals surface area contributed by atoms with Crippen molar-refractivity contribution < 1.29 is 0 Å². The number of rotatable bonds is 3. The van der Waals surface area contributed by atoms with Crippen molar-refractivity contribution in [1.29, 1.82) is 0 Å². The maximum Gasteiger partial charge on any atom is 0.0649 e. The van der Waals surface area contributed by atoms with Gasteiger partial charge < -0.3 is 0 Å². The molecule has 0 aliphatic carbocycles. The van der Waals surface area contributed by atoms with Crippen LogP contribution in [-0.4, -0.2) is 5.71 Å². The molecule has 0 aliphatic rings. The first kappa shape index (κ1) is 12.7. The molecule has 0 radical (unpaired) electrons. The van der Waals surface area contributed by atoms with E-state index in [1.807, 2.05) is 43.3 Å². The van der Waals surface area contributed by atoms with Gasteiger partial charge in [0.15, 0.2) is 0 Å². The topological polar surface area (TPSA) is 24.4 Å². The van der Waals surface area contributed by atoms with Crippen molar-refractivity contribution in [3.8, 4) is 0 Å². The molecule has 0 atom stereocenters. The smallest absolute Gasteiger partial charge is 0.0649 e. The SMILES string of the molecule is C/C(=N/Nc1cccc(C)c1)c1cccc(Cl)c1. The fourth-order valence-electron chi connectivity index (χ4n) is 1.64. The van der Waals surface area contributed by atoms with Crippen LogP contribution in [0.3, 0.4) is 0 Å². The van der Waals surface area contributed by atoms with Gasteiger partial charge in [0, 0.05) is 5.02 Å². The molecule has 0 heterocycles. The number of halogens is 1. The van der Waals surface area contributed by atoms with E-state index in [-0.39, 0.29) is 0 Å². The Morgan fingerprint density at radius 1 is 1.11 bits per heavy atom. The number of nitrogens with zero attached hydrogens (tertiary/aromatic N) is 1. The minimum absolute atomic E-state index is 0.720. The molecule has 0 saturated carbocycles. The molecule has 3 heteroatoms. The molecule has 0 amide bonds. The highest BCUT2D eigenvalue weighted by atomic mass is 35.5. The molecular weight excluding hydrogens is 244 g/mol. The summed E-state index contributed by atoms with van der Waals surface area (Å²) >= 11 is 5.95. The third kappa shape index (κ3) is 3.34. The first-order valence-electron chi connectivity index (χ1n) is 5.78. The Hall–Kier alpha value is -1.80. The summed E-state index contributed by atoms with van der Waals surface area (Å²) in [7, 11) is 0. The Balaban J connectivity index is 2.14. The average molecular weight is 259 g/mol. The van der Waals surface area contributed by atoms with E-state index in [4.69, 9.17) is 11.6 Å². The number of hydrazone groups is 1. The zero-order valence-corrected chi connectivity index (χ0v) is 11.2. The summed E-state index contributed by atoms with van der Waals surface area (Å²) in [5, 5.41) is 5.07. The fraction of sp³-hybridized carbons (Fsp3) is 0.133. The van der Waals surface area contributed by atoms with Gasteiger partial charge in [-0.25, -0.2) is 0 Å². The molecule has 0 fully saturated rings. The van der Waals surface area contributed by atoms with Gasteiger partial charge in [-0.15, -0.1) is 0 Å². The highest BCUT2D eigenvalue weighted by Gasteiger charge is 1.98. The number of nitrogens with one attached hydrogen (secondary N) is 1. The second kappa shape index (κ2) is 5.69. The zero-order valence-electron chi connectivity index (χ0n) is 10.4. The Morgan fingerprint density at radius 3 is 2.61 bits per heavy atom. The van der Waals surface area contributed by atoms with Crippen LogP contribution in [0, 0.1) is 6.92 Å². The summed E-state index contributed by atoms with van der Waals surface area (Å²) in [4.78, 5) is 0. The lowest BCUT2D eigenvalue weighted by Crippen LogP contribution is -1.99. The summed E-state index contributed by atoms with van der Waals surface area (Å²) in [6, 6.07) is 15.8. The molecular formula is C15H15ClN2. The lowest BCUT2D eigenvalue weighted by atomic mass is 10.1. The van der Waals surface area contributed by atoms with Gasteiger partial charge in [-0.2, -0.15) is 5.10 Å². The molecule has 18 heavy (non-hydrogen) atoms. The third-order valence-electron chi connectivity index (χ3n) is 2.61. The number of benzene rings is 2. The second-order valence-corrected chi connectivity index (χ2v) is 4.63. The molecule has 92 valence electrons. The second-order valence-electron chi connectivity index (χ2n) is 4.19. The van der Waals surface area contributed by atoms with E-state index in [1.165, 1.54) is 5.56 Å². The maximum atomic E-state index is 5.95. The highest BCUT2D eigenvalue weighted by molar-refractivity contribution is 6.31. The monoisotopic (exact) mass is 258 g/mol. The maximum absolute atomic E-state index is 5.95. The number of anilines is 1. The van der Waals surface area contributed by atoms with Crippen molar-refractivity contribution >= 4 is 23.0 Å². The van der Waals surface area contributed by atoms with Crippen LogP contribution in [0.5, 0.6) is 0 Å². The zero-order chi connectivity index (χ0) is 13.0. The number of aryl methyl sites for hydroxylation is 1. The van der Waals surface area contributed by atoms with Crippen LogP contribution in [-0.2, 0) is 0 Å². The molecule has 0 unspecified atom stereocenters. The number of hydrogen-bond acceptors (Lipinski definition) is 2. The van der Waals surface area contributed by atoms with Crippen molar-refractivity contribution in [1.82, 2.24) is 0 Å². The van der Waals surface area contributed by atoms with E-state index in [0.717, 1.165) is 22.0 Å². The van der Waals surface area contributed by atoms with Crippen molar-refractivity contribution in [3.05, 3.63) is 64.7 Å². The molecule has 0 aromatic heterocycles. The van der Waals surface area contributed by atoms with Gasteiger partial charge in [0.1, 0.15) is 0 Å². The van der Waals surface area contributed by atoms with Gasteiger partial charge in [-0.05, 0) is 49.2 Å². The predicted molar refractivity (Wildman–Crippen MR) is 78.5 cm³/mol. The largest absolute Gasteiger partial charge is 0.278 e. The fourth-order valence-corrected chi connectivity index (χ4v) is 1.83. The molecule has 0 bridgehead atoms. The van der Waals surface area contributed by atoms with Crippen molar-refractivity contribution in [2.45, 2.75) is 13.8 Å². The van der Waals surface area contributed by atoms with Gasteiger partial charge in [0.05, 0.1) is 11.4 Å². The molecule has 2 rings (SSSR count). The summed E-state index contributed by atoms with van der Waals surface area (Å²) in [5.74, 6) is 0. The molecule has 0 aliphatic heterocycles. The van der Waals surface area contributed by atoms with Crippen molar-refractivity contribution in [2.24, 2.45) is 5.10 Å². The molecule has 1 N–H and O–H groups in total. The van der Waals surface area contributed by atoms with Gasteiger partial charge in [0.25, 0.3) is 0 Å².